The quantitative estimate of drug-likeness (QED) is 0.0449. The molecule has 0 saturated carbocycles. The number of benzene rings is 2. The third kappa shape index (κ3) is 13.0. The van der Waals surface area contributed by atoms with Crippen LogP contribution in [-0.2, 0) is 22.6 Å². The highest BCUT2D eigenvalue weighted by Crippen LogP contribution is 2.33. The van der Waals surface area contributed by atoms with Crippen LogP contribution in [0.4, 0.5) is 4.79 Å². The fourth-order valence-corrected chi connectivity index (χ4v) is 5.77. The number of carboxylic acid groups (broad SMARTS) is 1. The fraction of sp³-hybridized carbons (Fsp3) is 0.543. The van der Waals surface area contributed by atoms with E-state index in [9.17, 15) is 14.7 Å². The highest BCUT2D eigenvalue weighted by Gasteiger charge is 2.47. The molecule has 11 nitrogen and oxygen atoms in total. The molecule has 0 spiro atoms. The molecule has 0 aliphatic carbocycles. The topological polar surface area (TPSA) is 184 Å². The van der Waals surface area contributed by atoms with E-state index in [-0.39, 0.29) is 44.0 Å². The second-order valence-electron chi connectivity index (χ2n) is 12.0. The van der Waals surface area contributed by atoms with Gasteiger partial charge >= 0.3 is 12.1 Å². The van der Waals surface area contributed by atoms with Crippen LogP contribution in [0, 0.1) is 11.3 Å². The van der Waals surface area contributed by atoms with Gasteiger partial charge in [-0.05, 0) is 49.1 Å². The lowest BCUT2D eigenvalue weighted by Gasteiger charge is -2.41. The number of nitrogens with one attached hydrogen (secondary N) is 1. The molecule has 1 unspecified atom stereocenters. The number of ether oxygens (including phenoxy) is 1. The standard InChI is InChI=1S/C35H55N7O4/c1-3-5-7-15-22-35(31(43)44,41(24-16-8-6-4-2)34(45)46-27-29-19-13-10-14-20-29)23-21-30(25-28-17-11-9-12-18-28)26-42(33(38)39)40-32(36)37/h9-14,17-20,30H,3-8,15-16,21-27H2,1-2H3,(H3,38,39)(H,43,44)(H4,36,37,40)/t30?,35-/m1/s1. The molecule has 46 heavy (non-hydrogen) atoms. The summed E-state index contributed by atoms with van der Waals surface area (Å²) >= 11 is 0. The zero-order valence-corrected chi connectivity index (χ0v) is 27.7. The molecule has 0 radical (unpaired) electrons. The summed E-state index contributed by atoms with van der Waals surface area (Å²) in [5.74, 6) is -1.78. The van der Waals surface area contributed by atoms with Gasteiger partial charge in [0, 0.05) is 13.1 Å². The predicted octanol–water partition coefficient (Wildman–Crippen LogP) is 6.02. The molecular weight excluding hydrogens is 582 g/mol. The minimum absolute atomic E-state index is 0.0549. The Hall–Kier alpha value is -4.28. The van der Waals surface area contributed by atoms with Crippen molar-refractivity contribution in [3.8, 4) is 0 Å². The third-order valence-electron chi connectivity index (χ3n) is 8.30. The highest BCUT2D eigenvalue weighted by atomic mass is 16.6. The number of carboxylic acids is 1. The number of hydrogen-bond acceptors (Lipinski definition) is 5. The number of nitrogens with zero attached hydrogens (tertiary/aromatic N) is 3. The molecule has 2 atom stereocenters. The lowest BCUT2D eigenvalue weighted by molar-refractivity contribution is -0.152. The molecule has 8 N–H and O–H groups in total. The average Bonchev–Trinajstić information content (AvgIpc) is 3.04. The van der Waals surface area contributed by atoms with Gasteiger partial charge in [-0.2, -0.15) is 0 Å². The van der Waals surface area contributed by atoms with Crippen LogP contribution >= 0.6 is 0 Å². The monoisotopic (exact) mass is 637 g/mol. The lowest BCUT2D eigenvalue weighted by Crippen LogP contribution is -2.58. The molecule has 0 aliphatic rings. The number of hydrazone groups is 1. The maximum atomic E-state index is 13.9. The van der Waals surface area contributed by atoms with E-state index in [2.05, 4.69) is 18.9 Å². The minimum Gasteiger partial charge on any atom is -0.479 e. The van der Waals surface area contributed by atoms with E-state index in [1.807, 2.05) is 60.7 Å². The largest absolute Gasteiger partial charge is 0.479 e. The first-order valence-electron chi connectivity index (χ1n) is 16.6. The Kier molecular flexibility index (Phi) is 17.1. The number of carbonyl (C=O) groups excluding carboxylic acids is 1. The van der Waals surface area contributed by atoms with Gasteiger partial charge in [-0.25, -0.2) is 14.6 Å². The van der Waals surface area contributed by atoms with E-state index in [1.165, 1.54) is 9.91 Å². The first kappa shape index (κ1) is 37.9. The summed E-state index contributed by atoms with van der Waals surface area (Å²) in [7, 11) is 0. The second kappa shape index (κ2) is 20.7. The summed E-state index contributed by atoms with van der Waals surface area (Å²) in [6.07, 6.45) is 7.94. The van der Waals surface area contributed by atoms with Crippen LogP contribution in [0.5, 0.6) is 0 Å². The molecule has 2 aromatic rings. The number of rotatable bonds is 22. The van der Waals surface area contributed by atoms with Gasteiger partial charge in [0.2, 0.25) is 11.9 Å². The van der Waals surface area contributed by atoms with Gasteiger partial charge in [-0.3, -0.25) is 10.3 Å². The first-order chi connectivity index (χ1) is 22.1. The number of nitrogens with two attached hydrogens (primary N) is 3. The van der Waals surface area contributed by atoms with Gasteiger partial charge in [0.25, 0.3) is 0 Å². The molecule has 0 heterocycles. The van der Waals surface area contributed by atoms with Crippen molar-refractivity contribution in [2.75, 3.05) is 13.1 Å². The van der Waals surface area contributed by atoms with Crippen molar-refractivity contribution < 1.29 is 19.4 Å². The molecule has 0 aliphatic heterocycles. The average molecular weight is 638 g/mol. The normalized spacial score (nSPS) is 12.8. The number of guanidine groups is 2. The second-order valence-corrected chi connectivity index (χ2v) is 12.0. The van der Waals surface area contributed by atoms with Crippen molar-refractivity contribution >= 4 is 24.0 Å². The maximum absolute atomic E-state index is 13.9. The summed E-state index contributed by atoms with van der Waals surface area (Å²) in [6.45, 7) is 4.75. The Morgan fingerprint density at radius 1 is 0.870 bits per heavy atom. The number of amides is 1. The smallest absolute Gasteiger partial charge is 0.411 e. The van der Waals surface area contributed by atoms with E-state index in [0.717, 1.165) is 49.7 Å². The number of aliphatic carboxylic acids is 1. The predicted molar refractivity (Wildman–Crippen MR) is 184 cm³/mol. The van der Waals surface area contributed by atoms with Crippen molar-refractivity contribution in [3.05, 3.63) is 71.8 Å². The zero-order valence-electron chi connectivity index (χ0n) is 27.7. The first-order valence-corrected chi connectivity index (χ1v) is 16.6. The van der Waals surface area contributed by atoms with Gasteiger partial charge in [0.05, 0.1) is 0 Å². The van der Waals surface area contributed by atoms with Crippen LogP contribution < -0.4 is 17.2 Å². The molecule has 2 aromatic carbocycles. The SMILES string of the molecule is CCCCCCN(C(=O)OCc1ccccc1)[C@](CCCCCC)(CCC(Cc1ccccc1)CN(N=C(N)N)C(=N)N)C(=O)O. The van der Waals surface area contributed by atoms with Gasteiger partial charge in [0.1, 0.15) is 12.1 Å². The van der Waals surface area contributed by atoms with Crippen LogP contribution in [0.25, 0.3) is 0 Å². The molecule has 0 aromatic heterocycles. The Bertz CT molecular complexity index is 1210. The number of carbonyl (C=O) groups is 2. The number of hydrogen-bond donors (Lipinski definition) is 5. The minimum atomic E-state index is -1.49. The van der Waals surface area contributed by atoms with E-state index in [0.29, 0.717) is 32.1 Å². The zero-order chi connectivity index (χ0) is 33.8. The molecule has 2 rings (SSSR count). The summed E-state index contributed by atoms with van der Waals surface area (Å²) in [4.78, 5) is 28.8. The molecule has 0 bridgehead atoms. The lowest BCUT2D eigenvalue weighted by atomic mass is 9.81. The van der Waals surface area contributed by atoms with Crippen LogP contribution in [0.2, 0.25) is 0 Å². The van der Waals surface area contributed by atoms with Crippen molar-refractivity contribution in [2.24, 2.45) is 28.2 Å². The summed E-state index contributed by atoms with van der Waals surface area (Å²) < 4.78 is 5.80. The van der Waals surface area contributed by atoms with Crippen molar-refractivity contribution in [2.45, 2.75) is 103 Å². The Labute approximate surface area is 274 Å². The van der Waals surface area contributed by atoms with E-state index in [1.54, 1.807) is 0 Å². The number of unbranched alkanes of at least 4 members (excludes halogenated alkanes) is 6. The summed E-state index contributed by atoms with van der Waals surface area (Å²) in [5, 5.41) is 24.3. The van der Waals surface area contributed by atoms with Crippen LogP contribution in [0.3, 0.4) is 0 Å². The van der Waals surface area contributed by atoms with Gasteiger partial charge in [0.15, 0.2) is 0 Å². The van der Waals surface area contributed by atoms with Crippen molar-refractivity contribution in [1.82, 2.24) is 9.91 Å². The Morgan fingerprint density at radius 2 is 1.46 bits per heavy atom. The maximum Gasteiger partial charge on any atom is 0.411 e. The van der Waals surface area contributed by atoms with Crippen LogP contribution in [0.15, 0.2) is 65.8 Å². The third-order valence-corrected chi connectivity index (χ3v) is 8.30. The van der Waals surface area contributed by atoms with Crippen LogP contribution in [-0.4, -0.2) is 57.6 Å². The fourth-order valence-electron chi connectivity index (χ4n) is 5.77. The van der Waals surface area contributed by atoms with E-state index >= 15 is 0 Å². The van der Waals surface area contributed by atoms with Gasteiger partial charge in [-0.15, -0.1) is 5.10 Å². The molecule has 0 saturated heterocycles. The van der Waals surface area contributed by atoms with E-state index < -0.39 is 17.6 Å². The molecule has 0 fully saturated rings. The molecule has 254 valence electrons. The van der Waals surface area contributed by atoms with Crippen molar-refractivity contribution in [1.29, 1.82) is 5.41 Å². The van der Waals surface area contributed by atoms with E-state index in [4.69, 9.17) is 27.3 Å². The summed E-state index contributed by atoms with van der Waals surface area (Å²) in [5.41, 5.74) is 17.5. The Morgan fingerprint density at radius 3 is 2.00 bits per heavy atom. The van der Waals surface area contributed by atoms with Crippen molar-refractivity contribution in [3.63, 3.8) is 0 Å². The molecule has 11 heteroatoms. The molecule has 1 amide bonds. The summed E-state index contributed by atoms with van der Waals surface area (Å²) in [6, 6.07) is 19.2. The highest BCUT2D eigenvalue weighted by molar-refractivity contribution is 5.84. The van der Waals surface area contributed by atoms with Gasteiger partial charge in [-0.1, -0.05) is 119 Å². The molecular formula is C35H55N7O4. The van der Waals surface area contributed by atoms with Gasteiger partial charge < -0.3 is 27.0 Å². The Balaban J connectivity index is 2.49. The van der Waals surface area contributed by atoms with Crippen LogP contribution in [0.1, 0.15) is 95.6 Å².